The summed E-state index contributed by atoms with van der Waals surface area (Å²) >= 11 is 0. The van der Waals surface area contributed by atoms with E-state index >= 15 is 0 Å². The molecule has 0 amide bonds. The average molecular weight is 411 g/mol. The Morgan fingerprint density at radius 2 is 1.87 bits per heavy atom. The Morgan fingerprint density at radius 1 is 1.17 bits per heavy atom. The molecular formula is C19H15F2N7O2. The maximum atomic E-state index is 14.8. The van der Waals surface area contributed by atoms with Crippen LogP contribution in [0.5, 0.6) is 11.5 Å². The Bertz CT molecular complexity index is 1260. The zero-order chi connectivity index (χ0) is 21.4. The van der Waals surface area contributed by atoms with E-state index in [9.17, 15) is 8.78 Å². The van der Waals surface area contributed by atoms with Crippen molar-refractivity contribution in [2.45, 2.75) is 13.0 Å². The van der Waals surface area contributed by atoms with Crippen LogP contribution in [0.3, 0.4) is 0 Å². The Morgan fingerprint density at radius 3 is 2.50 bits per heavy atom. The molecule has 3 heterocycles. The number of methoxy groups -OCH3 is 2. The van der Waals surface area contributed by atoms with Gasteiger partial charge >= 0.3 is 0 Å². The molecule has 1 unspecified atom stereocenters. The molecule has 4 aromatic rings. The van der Waals surface area contributed by atoms with Crippen LogP contribution in [0.25, 0.3) is 33.7 Å². The number of ether oxygens (including phenoxy) is 2. The molecule has 0 radical (unpaired) electrons. The number of hydrogen-bond acceptors (Lipinski definition) is 7. The topological polar surface area (TPSA) is 115 Å². The molecule has 30 heavy (non-hydrogen) atoms. The van der Waals surface area contributed by atoms with Crippen LogP contribution in [-0.2, 0) is 0 Å². The van der Waals surface area contributed by atoms with Crippen LogP contribution in [0, 0.1) is 23.0 Å². The number of halogens is 2. The number of nitrogens with one attached hydrogen (secondary N) is 1. The molecule has 1 N–H and O–H groups in total. The number of nitriles is 1. The first-order valence-electron chi connectivity index (χ1n) is 8.74. The van der Waals surface area contributed by atoms with Gasteiger partial charge in [-0.2, -0.15) is 15.5 Å². The molecule has 0 saturated heterocycles. The van der Waals surface area contributed by atoms with Gasteiger partial charge in [0.15, 0.2) is 34.6 Å². The fraction of sp³-hybridized carbons (Fsp3) is 0.211. The second-order valence-electron chi connectivity index (χ2n) is 6.33. The fourth-order valence-corrected chi connectivity index (χ4v) is 2.96. The van der Waals surface area contributed by atoms with Crippen LogP contribution in [0.4, 0.5) is 8.78 Å². The predicted molar refractivity (Wildman–Crippen MR) is 102 cm³/mol. The highest BCUT2D eigenvalue weighted by molar-refractivity contribution is 5.90. The van der Waals surface area contributed by atoms with Crippen molar-refractivity contribution < 1.29 is 18.3 Å². The smallest absolute Gasteiger partial charge is 0.179 e. The van der Waals surface area contributed by atoms with Crippen LogP contribution in [0.1, 0.15) is 13.0 Å². The maximum Gasteiger partial charge on any atom is 0.179 e. The van der Waals surface area contributed by atoms with E-state index in [1.165, 1.54) is 25.1 Å². The quantitative estimate of drug-likeness (QED) is 0.536. The van der Waals surface area contributed by atoms with Gasteiger partial charge in [-0.05, 0) is 6.92 Å². The summed E-state index contributed by atoms with van der Waals surface area (Å²) in [6, 6.07) is 2.76. The highest BCUT2D eigenvalue weighted by Crippen LogP contribution is 2.37. The van der Waals surface area contributed by atoms with E-state index in [0.29, 0.717) is 16.6 Å². The fourth-order valence-electron chi connectivity index (χ4n) is 2.96. The molecule has 9 nitrogen and oxygen atoms in total. The van der Waals surface area contributed by atoms with Crippen LogP contribution in [0.15, 0.2) is 24.7 Å². The molecule has 152 valence electrons. The third-order valence-corrected chi connectivity index (χ3v) is 4.57. The van der Waals surface area contributed by atoms with Crippen molar-refractivity contribution in [1.29, 1.82) is 5.26 Å². The van der Waals surface area contributed by atoms with Gasteiger partial charge in [0, 0.05) is 24.0 Å². The lowest BCUT2D eigenvalue weighted by Crippen LogP contribution is -2.02. The molecule has 0 aliphatic carbocycles. The van der Waals surface area contributed by atoms with Crippen molar-refractivity contribution >= 4 is 11.0 Å². The van der Waals surface area contributed by atoms with Gasteiger partial charge in [0.2, 0.25) is 0 Å². The lowest BCUT2D eigenvalue weighted by Gasteiger charge is -2.11. The summed E-state index contributed by atoms with van der Waals surface area (Å²) < 4.78 is 40.9. The van der Waals surface area contributed by atoms with E-state index in [1.54, 1.807) is 19.3 Å². The van der Waals surface area contributed by atoms with Crippen molar-refractivity contribution in [3.8, 4) is 40.2 Å². The standard InChI is InChI=1S/C19H15F2N7O2/c1-9(5-22)28-8-10(6-24-28)17-11-7-23-19(25-18(11)27-26-17)14-15(20)12(29-2)4-13(30-3)16(14)21/h4,6-9H,1-3H3,(H,23,25,26,27). The molecule has 0 fully saturated rings. The first kappa shape index (κ1) is 19.3. The minimum Gasteiger partial charge on any atom is -0.494 e. The first-order chi connectivity index (χ1) is 14.5. The molecular weight excluding hydrogens is 396 g/mol. The van der Waals surface area contributed by atoms with Crippen molar-refractivity contribution in [2.24, 2.45) is 0 Å². The second kappa shape index (κ2) is 7.40. The third kappa shape index (κ3) is 2.98. The highest BCUT2D eigenvalue weighted by Gasteiger charge is 2.24. The van der Waals surface area contributed by atoms with Crippen molar-refractivity contribution in [3.05, 3.63) is 36.3 Å². The molecule has 1 aromatic carbocycles. The summed E-state index contributed by atoms with van der Waals surface area (Å²) in [4.78, 5) is 8.35. The zero-order valence-electron chi connectivity index (χ0n) is 16.1. The number of aromatic amines is 1. The van der Waals surface area contributed by atoms with E-state index in [2.05, 4.69) is 31.3 Å². The van der Waals surface area contributed by atoms with Gasteiger partial charge < -0.3 is 9.47 Å². The Balaban J connectivity index is 1.82. The maximum absolute atomic E-state index is 14.8. The number of H-pyrrole nitrogens is 1. The SMILES string of the molecule is COc1cc(OC)c(F)c(-c2ncc3c(-c4cnn(C(C)C#N)c4)n[nH]c3n2)c1F. The third-order valence-electron chi connectivity index (χ3n) is 4.57. The predicted octanol–water partition coefficient (Wildman–Crippen LogP) is 3.26. The normalized spacial score (nSPS) is 12.0. The zero-order valence-corrected chi connectivity index (χ0v) is 16.1. The summed E-state index contributed by atoms with van der Waals surface area (Å²) in [5.74, 6) is -2.48. The molecule has 4 rings (SSSR count). The molecule has 3 aromatic heterocycles. The van der Waals surface area contributed by atoms with Gasteiger partial charge in [0.1, 0.15) is 11.7 Å². The van der Waals surface area contributed by atoms with Gasteiger partial charge in [-0.15, -0.1) is 0 Å². The average Bonchev–Trinajstić information content (AvgIpc) is 3.40. The lowest BCUT2D eigenvalue weighted by atomic mass is 10.1. The Kier molecular flexibility index (Phi) is 4.75. The summed E-state index contributed by atoms with van der Waals surface area (Å²) in [6.45, 7) is 1.71. The summed E-state index contributed by atoms with van der Waals surface area (Å²) in [6.07, 6.45) is 4.64. The monoisotopic (exact) mass is 411 g/mol. The summed E-state index contributed by atoms with van der Waals surface area (Å²) in [5.41, 5.74) is 0.939. The van der Waals surface area contributed by atoms with Crippen molar-refractivity contribution in [1.82, 2.24) is 29.9 Å². The second-order valence-corrected chi connectivity index (χ2v) is 6.33. The van der Waals surface area contributed by atoms with E-state index < -0.39 is 23.2 Å². The summed E-state index contributed by atoms with van der Waals surface area (Å²) in [5, 5.41) is 20.6. The number of hydrogen-bond donors (Lipinski definition) is 1. The molecule has 0 saturated carbocycles. The van der Waals surface area contributed by atoms with E-state index in [0.717, 1.165) is 6.07 Å². The molecule has 0 aliphatic rings. The number of benzene rings is 1. The number of rotatable bonds is 5. The van der Waals surface area contributed by atoms with Gasteiger partial charge in [-0.3, -0.25) is 9.78 Å². The largest absolute Gasteiger partial charge is 0.494 e. The van der Waals surface area contributed by atoms with E-state index in [1.807, 2.05) is 0 Å². The molecule has 11 heteroatoms. The van der Waals surface area contributed by atoms with Crippen LogP contribution in [-0.4, -0.2) is 44.2 Å². The van der Waals surface area contributed by atoms with Gasteiger partial charge in [-0.25, -0.2) is 18.7 Å². The van der Waals surface area contributed by atoms with Crippen LogP contribution in [0.2, 0.25) is 0 Å². The van der Waals surface area contributed by atoms with E-state index in [-0.39, 0.29) is 23.0 Å². The number of nitrogens with zero attached hydrogens (tertiary/aromatic N) is 6. The minimum atomic E-state index is -0.943. The van der Waals surface area contributed by atoms with Crippen LogP contribution < -0.4 is 9.47 Å². The van der Waals surface area contributed by atoms with Gasteiger partial charge in [0.25, 0.3) is 0 Å². The van der Waals surface area contributed by atoms with Crippen molar-refractivity contribution in [2.75, 3.05) is 14.2 Å². The molecule has 0 spiro atoms. The Labute approximate surface area is 168 Å². The van der Waals surface area contributed by atoms with Gasteiger partial charge in [-0.1, -0.05) is 0 Å². The Hall–Kier alpha value is -4.07. The molecule has 0 bridgehead atoms. The highest BCUT2D eigenvalue weighted by atomic mass is 19.1. The van der Waals surface area contributed by atoms with Crippen molar-refractivity contribution in [3.63, 3.8) is 0 Å². The summed E-state index contributed by atoms with van der Waals surface area (Å²) in [7, 11) is 2.52. The van der Waals surface area contributed by atoms with Gasteiger partial charge in [0.05, 0.1) is 37.4 Å². The molecule has 0 aliphatic heterocycles. The van der Waals surface area contributed by atoms with E-state index in [4.69, 9.17) is 14.7 Å². The molecule has 1 atom stereocenters. The number of fused-ring (bicyclic) bond motifs is 1. The minimum absolute atomic E-state index is 0.196. The first-order valence-corrected chi connectivity index (χ1v) is 8.74. The lowest BCUT2D eigenvalue weighted by molar-refractivity contribution is 0.359. The number of aromatic nitrogens is 6. The van der Waals surface area contributed by atoms with Crippen LogP contribution >= 0.6 is 0 Å².